The van der Waals surface area contributed by atoms with Gasteiger partial charge < -0.3 is 15.7 Å². The number of aliphatic carboxylic acids is 1. The molecule has 2 heterocycles. The molecule has 0 spiro atoms. The molecule has 4 unspecified atom stereocenters. The minimum absolute atomic E-state index is 0.00654. The van der Waals surface area contributed by atoms with Gasteiger partial charge in [0.25, 0.3) is 0 Å². The van der Waals surface area contributed by atoms with Crippen molar-refractivity contribution in [3.8, 4) is 0 Å². The molecule has 7 rings (SSSR count). The lowest BCUT2D eigenvalue weighted by Crippen LogP contribution is -2.66. The lowest BCUT2D eigenvalue weighted by atomic mass is 9.33. The van der Waals surface area contributed by atoms with Gasteiger partial charge in [-0.15, -0.1) is 0 Å². The molecule has 8 nitrogen and oxygen atoms in total. The Morgan fingerprint density at radius 3 is 2.33 bits per heavy atom. The maximum atomic E-state index is 15.0. The molecule has 8 heteroatoms. The topological polar surface area (TPSA) is 116 Å². The molecule has 8 atom stereocenters. The lowest BCUT2D eigenvalue weighted by Gasteiger charge is -2.70. The van der Waals surface area contributed by atoms with Crippen LogP contribution in [0.5, 0.6) is 0 Å². The van der Waals surface area contributed by atoms with E-state index in [1.54, 1.807) is 0 Å². The number of allylic oxidation sites excluding steroid dienone is 2. The zero-order chi connectivity index (χ0) is 33.2. The standard InChI is InChI=1S/C38H59N5O3/c1-33(2)13-15-38(30(44)28(32(45)46)43-19-17-42(8)18-20-43)16-14-36(6)24(25(38)22-33)9-10-27-35(5)21-23-29(40-41-31(23)39)34(3,4)26(35)11-12-37(27,36)7/h9,25-28H,10-22H2,1-8H3,(H,45,46)(H3,39,40,41)/t25?,26?,27?,28?,35-,36+,37+,38-/m0/s1. The van der Waals surface area contributed by atoms with Gasteiger partial charge >= 0.3 is 5.97 Å². The summed E-state index contributed by atoms with van der Waals surface area (Å²) in [7, 11) is 2.07. The monoisotopic (exact) mass is 633 g/mol. The Morgan fingerprint density at radius 1 is 0.978 bits per heavy atom. The third kappa shape index (κ3) is 4.20. The molecule has 0 bridgehead atoms. The van der Waals surface area contributed by atoms with Crippen LogP contribution in [0.4, 0.5) is 5.82 Å². The molecule has 0 radical (unpaired) electrons. The van der Waals surface area contributed by atoms with E-state index < -0.39 is 17.4 Å². The van der Waals surface area contributed by atoms with E-state index in [9.17, 15) is 14.7 Å². The number of nitrogens with two attached hydrogens (primary N) is 1. The third-order valence-electron chi connectivity index (χ3n) is 15.8. The number of Topliss-reactive ketones (excluding diaryl/α,β-unsaturated/α-hetero) is 1. The molecule has 0 amide bonds. The number of likely N-dealkylation sites (N-methyl/N-ethyl adjacent to an activating group) is 1. The lowest BCUT2D eigenvalue weighted by molar-refractivity contribution is -0.172. The minimum atomic E-state index is -1.05. The Balaban J connectivity index is 1.30. The van der Waals surface area contributed by atoms with Crippen molar-refractivity contribution in [2.45, 2.75) is 118 Å². The van der Waals surface area contributed by atoms with E-state index in [1.807, 2.05) is 4.90 Å². The SMILES string of the molecule is CN1CCN(C(C(=O)O)C(=O)[C@]23CCC(C)(C)CC2C2=CCC4[C@@]5(C)Cc6c(N)n[nH]c6C(C)(C)C5CC[C@@]4(C)[C@]2(C)CC3)CC1. The fourth-order valence-corrected chi connectivity index (χ4v) is 12.9. The second kappa shape index (κ2) is 10.2. The molecule has 254 valence electrons. The maximum Gasteiger partial charge on any atom is 0.328 e. The van der Waals surface area contributed by atoms with Crippen LogP contribution in [0.3, 0.4) is 0 Å². The number of carbonyl (C=O) groups excluding carboxylic acids is 1. The van der Waals surface area contributed by atoms with E-state index in [2.05, 4.69) is 76.7 Å². The van der Waals surface area contributed by atoms with Gasteiger partial charge in [0, 0.05) is 48.3 Å². The number of H-pyrrole nitrogens is 1. The number of anilines is 1. The van der Waals surface area contributed by atoms with Crippen LogP contribution in [-0.4, -0.2) is 76.1 Å². The molecule has 4 fully saturated rings. The molecular formula is C38H59N5O3. The number of carbonyl (C=O) groups is 2. The molecule has 1 aromatic rings. The summed E-state index contributed by atoms with van der Waals surface area (Å²) in [6.07, 6.45) is 11.4. The summed E-state index contributed by atoms with van der Waals surface area (Å²) < 4.78 is 0. The van der Waals surface area contributed by atoms with Crippen LogP contribution in [0.2, 0.25) is 0 Å². The average Bonchev–Trinajstić information content (AvgIpc) is 3.34. The van der Waals surface area contributed by atoms with E-state index in [4.69, 9.17) is 5.73 Å². The van der Waals surface area contributed by atoms with Crippen LogP contribution in [0.15, 0.2) is 11.6 Å². The first-order valence-corrected chi connectivity index (χ1v) is 18.1. The summed E-state index contributed by atoms with van der Waals surface area (Å²) in [5.74, 6) is 0.807. The minimum Gasteiger partial charge on any atom is -0.480 e. The second-order valence-electron chi connectivity index (χ2n) is 18.7. The quantitative estimate of drug-likeness (QED) is 0.272. The maximum absolute atomic E-state index is 15.0. The van der Waals surface area contributed by atoms with Crippen LogP contribution < -0.4 is 5.73 Å². The zero-order valence-corrected chi connectivity index (χ0v) is 29.8. The van der Waals surface area contributed by atoms with Gasteiger partial charge in [-0.2, -0.15) is 5.10 Å². The number of nitrogens with zero attached hydrogens (tertiary/aromatic N) is 3. The number of aromatic amines is 1. The number of rotatable bonds is 4. The molecule has 6 aliphatic rings. The summed E-state index contributed by atoms with van der Waals surface area (Å²) in [4.78, 5) is 32.1. The highest BCUT2D eigenvalue weighted by molar-refractivity contribution is 6.05. The highest BCUT2D eigenvalue weighted by Gasteiger charge is 2.69. The van der Waals surface area contributed by atoms with Crippen LogP contribution >= 0.6 is 0 Å². The van der Waals surface area contributed by atoms with Gasteiger partial charge in [-0.3, -0.25) is 19.6 Å². The van der Waals surface area contributed by atoms with Crippen molar-refractivity contribution in [3.63, 3.8) is 0 Å². The summed E-state index contributed by atoms with van der Waals surface area (Å²) in [6.45, 7) is 20.0. The summed E-state index contributed by atoms with van der Waals surface area (Å²) in [6, 6.07) is -1.05. The first-order chi connectivity index (χ1) is 21.4. The fourth-order valence-electron chi connectivity index (χ4n) is 12.9. The zero-order valence-electron chi connectivity index (χ0n) is 29.8. The number of nitrogens with one attached hydrogen (secondary N) is 1. The molecule has 0 aromatic carbocycles. The van der Waals surface area contributed by atoms with Crippen molar-refractivity contribution in [2.75, 3.05) is 39.0 Å². The Labute approximate surface area is 276 Å². The third-order valence-corrected chi connectivity index (χ3v) is 15.8. The Bertz CT molecular complexity index is 1470. The van der Waals surface area contributed by atoms with Crippen LogP contribution in [0.1, 0.15) is 111 Å². The summed E-state index contributed by atoms with van der Waals surface area (Å²) in [5.41, 5.74) is 10.0. The van der Waals surface area contributed by atoms with E-state index in [1.165, 1.54) is 29.7 Å². The smallest absolute Gasteiger partial charge is 0.328 e. The molecule has 3 saturated carbocycles. The fraction of sp³-hybridized carbons (Fsp3) is 0.816. The molecule has 1 aromatic heterocycles. The van der Waals surface area contributed by atoms with E-state index in [0.29, 0.717) is 30.7 Å². The Morgan fingerprint density at radius 2 is 1.65 bits per heavy atom. The number of aromatic nitrogens is 2. The number of fused-ring (bicyclic) bond motifs is 8. The van der Waals surface area contributed by atoms with Gasteiger partial charge in [-0.05, 0) is 104 Å². The first-order valence-electron chi connectivity index (χ1n) is 18.1. The van der Waals surface area contributed by atoms with E-state index in [0.717, 1.165) is 58.0 Å². The molecule has 4 N–H and O–H groups in total. The van der Waals surface area contributed by atoms with Gasteiger partial charge in [0.2, 0.25) is 0 Å². The summed E-state index contributed by atoms with van der Waals surface area (Å²) in [5, 5.41) is 18.4. The van der Waals surface area contributed by atoms with Crippen molar-refractivity contribution < 1.29 is 14.7 Å². The second-order valence-corrected chi connectivity index (χ2v) is 18.7. The number of hydrogen-bond acceptors (Lipinski definition) is 6. The average molecular weight is 634 g/mol. The number of piperazine rings is 1. The van der Waals surface area contributed by atoms with Crippen LogP contribution in [-0.2, 0) is 21.4 Å². The van der Waals surface area contributed by atoms with Gasteiger partial charge in [0.15, 0.2) is 11.8 Å². The van der Waals surface area contributed by atoms with Crippen molar-refractivity contribution in [1.82, 2.24) is 20.0 Å². The largest absolute Gasteiger partial charge is 0.480 e. The number of nitrogen functional groups attached to an aromatic ring is 1. The predicted octanol–water partition coefficient (Wildman–Crippen LogP) is 6.08. The number of ketones is 1. The van der Waals surface area contributed by atoms with Gasteiger partial charge in [-0.25, -0.2) is 0 Å². The van der Waals surface area contributed by atoms with Crippen molar-refractivity contribution in [2.24, 2.45) is 44.8 Å². The highest BCUT2D eigenvalue weighted by Crippen LogP contribution is 2.75. The van der Waals surface area contributed by atoms with Crippen LogP contribution in [0, 0.1) is 44.8 Å². The number of carboxylic acid groups (broad SMARTS) is 1. The van der Waals surface area contributed by atoms with Crippen molar-refractivity contribution in [1.29, 1.82) is 0 Å². The molecule has 46 heavy (non-hydrogen) atoms. The van der Waals surface area contributed by atoms with Crippen LogP contribution in [0.25, 0.3) is 0 Å². The number of carboxylic acids is 1. The molecule has 1 aliphatic heterocycles. The Kier molecular flexibility index (Phi) is 7.15. The van der Waals surface area contributed by atoms with Gasteiger partial charge in [0.1, 0.15) is 5.82 Å². The van der Waals surface area contributed by atoms with E-state index in [-0.39, 0.29) is 38.8 Å². The summed E-state index contributed by atoms with van der Waals surface area (Å²) >= 11 is 0. The van der Waals surface area contributed by atoms with Crippen molar-refractivity contribution >= 4 is 17.6 Å². The first kappa shape index (κ1) is 32.4. The van der Waals surface area contributed by atoms with E-state index >= 15 is 0 Å². The normalized spacial score (nSPS) is 42.3. The van der Waals surface area contributed by atoms with Gasteiger partial charge in [0.05, 0.1) is 0 Å². The predicted molar refractivity (Wildman–Crippen MR) is 181 cm³/mol. The van der Waals surface area contributed by atoms with Crippen molar-refractivity contribution in [3.05, 3.63) is 22.9 Å². The molecule has 1 saturated heterocycles. The Hall–Kier alpha value is -2.19. The molecular weight excluding hydrogens is 574 g/mol. The number of hydrogen-bond donors (Lipinski definition) is 3. The molecule has 5 aliphatic carbocycles. The van der Waals surface area contributed by atoms with Gasteiger partial charge in [-0.1, -0.05) is 60.1 Å². The highest BCUT2D eigenvalue weighted by atomic mass is 16.4.